The summed E-state index contributed by atoms with van der Waals surface area (Å²) in [5.41, 5.74) is 0. The van der Waals surface area contributed by atoms with Gasteiger partial charge in [0.05, 0.1) is 0 Å². The summed E-state index contributed by atoms with van der Waals surface area (Å²) in [4.78, 5) is 8.68. The maximum atomic E-state index is 8.68. The molecule has 0 unspecified atom stereocenters. The normalized spacial score (nSPS) is 1.62. The van der Waals surface area contributed by atoms with Crippen LogP contribution in [0.15, 0.2) is 0 Å². The van der Waals surface area contributed by atoms with Crippen LogP contribution in [0.4, 0.5) is 0 Å². The fourth-order valence-electron chi connectivity index (χ4n) is 0. The van der Waals surface area contributed by atoms with Gasteiger partial charge in [0.15, 0.2) is 0 Å². The number of rotatable bonds is 0. The van der Waals surface area contributed by atoms with Crippen molar-refractivity contribution in [2.75, 3.05) is 0 Å². The van der Waals surface area contributed by atoms with Crippen molar-refractivity contribution >= 4 is 25.1 Å². The number of hydrogen-bond acceptors (Lipinski definition) is 1. The molecule has 5 nitrogen and oxygen atoms in total. The third-order valence-electron chi connectivity index (χ3n) is 0. The van der Waals surface area contributed by atoms with Gasteiger partial charge in [-0.2, -0.15) is 6.92 Å². The second-order valence-electron chi connectivity index (χ2n) is 0.204. The number of carbonyl (C=O) groups excluding carboxylic acids is 1. The van der Waals surface area contributed by atoms with Crippen molar-refractivity contribution in [3.05, 3.63) is 26.6 Å². The molecule has 0 saturated heterocycles. The molecule has 0 aliphatic rings. The van der Waals surface area contributed by atoms with Gasteiger partial charge in [-0.15, -0.1) is 0 Å². The zero-order valence-electron chi connectivity index (χ0n) is 6.89. The number of hydrogen-bond donors (Lipinski definition) is 0. The van der Waals surface area contributed by atoms with E-state index in [1.807, 2.05) is 0 Å². The topological polar surface area (TPSA) is 96.7 Å². The van der Waals surface area contributed by atoms with Crippen LogP contribution in [0.5, 0.6) is 0 Å². The molecule has 0 saturated carbocycles. The molecule has 0 aromatic rings. The largest absolute Gasteiger partial charge is 0 e. The monoisotopic (exact) mass is 218 g/mol. The smallest absolute Gasteiger partial charge is 0 e. The molecular formula is C6H3FeLiO5-. The molecular weight excluding hydrogens is 215 g/mol. The molecule has 0 heterocycles. The molecule has 0 aromatic carbocycles. The maximum Gasteiger partial charge on any atom is 0 e. The van der Waals surface area contributed by atoms with E-state index >= 15 is 0 Å². The van der Waals surface area contributed by atoms with Crippen LogP contribution in [0.25, 0.3) is 0 Å². The summed E-state index contributed by atoms with van der Waals surface area (Å²) in [5, 5.41) is 0. The molecule has 7 heteroatoms. The Balaban J connectivity index is -0.00000000676. The molecule has 0 N–H and O–H groups in total. The molecule has 0 aromatic heterocycles. The van der Waals surface area contributed by atoms with E-state index in [1.54, 1.807) is 0 Å². The first-order valence-electron chi connectivity index (χ1n) is 1.52. The van der Waals surface area contributed by atoms with Gasteiger partial charge in [-0.05, 0) is 0 Å². The first-order valence-corrected chi connectivity index (χ1v) is 1.52. The van der Waals surface area contributed by atoms with Gasteiger partial charge in [0, 0.05) is 35.9 Å². The van der Waals surface area contributed by atoms with E-state index in [0.29, 0.717) is 0 Å². The zero-order chi connectivity index (χ0) is 10.7. The third-order valence-corrected chi connectivity index (χ3v) is 0. The van der Waals surface area contributed by atoms with E-state index in [-0.39, 0.29) is 35.9 Å². The van der Waals surface area contributed by atoms with E-state index in [1.165, 1.54) is 13.2 Å². The Morgan fingerprint density at radius 2 is 0.846 bits per heavy atom. The van der Waals surface area contributed by atoms with Crippen LogP contribution >= 0.6 is 0 Å². The Labute approximate surface area is 99.2 Å². The van der Waals surface area contributed by atoms with Crippen molar-refractivity contribution in [2.24, 2.45) is 0 Å². The van der Waals surface area contributed by atoms with E-state index in [0.717, 1.165) is 0 Å². The summed E-state index contributed by atoms with van der Waals surface area (Å²) >= 11 is 0. The fourth-order valence-corrected chi connectivity index (χ4v) is 0. The summed E-state index contributed by atoms with van der Waals surface area (Å²) in [6.45, 7) is 19.3. The summed E-state index contributed by atoms with van der Waals surface area (Å²) in [5.74, 6) is 0. The molecule has 0 amide bonds. The van der Waals surface area contributed by atoms with Crippen LogP contribution in [0.3, 0.4) is 0 Å². The van der Waals surface area contributed by atoms with Gasteiger partial charge in [0.25, 0.3) is 0 Å². The van der Waals surface area contributed by atoms with Crippen LogP contribution in [-0.4, -0.2) is 25.1 Å². The van der Waals surface area contributed by atoms with Crippen molar-refractivity contribution in [1.29, 1.82) is 0 Å². The van der Waals surface area contributed by atoms with E-state index in [4.69, 9.17) is 23.4 Å². The van der Waals surface area contributed by atoms with Crippen molar-refractivity contribution in [3.63, 3.8) is 0 Å². The van der Waals surface area contributed by atoms with Crippen molar-refractivity contribution in [1.82, 2.24) is 0 Å². The molecule has 0 aliphatic heterocycles. The minimum atomic E-state index is 0. The van der Waals surface area contributed by atoms with E-state index in [2.05, 4.69) is 26.6 Å². The van der Waals surface area contributed by atoms with Gasteiger partial charge in [-0.25, -0.2) is 0 Å². The van der Waals surface area contributed by atoms with Crippen molar-refractivity contribution in [2.45, 2.75) is 6.92 Å². The van der Waals surface area contributed by atoms with E-state index < -0.39 is 0 Å². The SMILES string of the molecule is C[C-]=O.[C-]#[O+].[C-]#[O+].[C-]#[O+].[C-]#[O+].[Fe].[Li]. The molecule has 0 spiro atoms. The summed E-state index contributed by atoms with van der Waals surface area (Å²) in [7, 11) is 0. The maximum absolute atomic E-state index is 8.68. The Morgan fingerprint density at radius 3 is 0.846 bits per heavy atom. The van der Waals surface area contributed by atoms with Gasteiger partial charge in [0.2, 0.25) is 0 Å². The molecule has 0 atom stereocenters. The Hall–Kier alpha value is -0.253. The second kappa shape index (κ2) is 2430. The standard InChI is InChI=1S/C2H3O.4CO.Fe.Li/c1-2-3;4*1-2;;/h1H3;;;;;;/q-1;;;;;;. The molecule has 67 valence electrons. The molecule has 0 fully saturated rings. The Kier molecular flexibility index (Phi) is 9960. The van der Waals surface area contributed by atoms with Crippen LogP contribution < -0.4 is 0 Å². The summed E-state index contributed by atoms with van der Waals surface area (Å²) in [6.07, 6.45) is 1.50. The molecule has 0 bridgehead atoms. The predicted molar refractivity (Wildman–Crippen MR) is 32.8 cm³/mol. The quantitative estimate of drug-likeness (QED) is 0.308. The van der Waals surface area contributed by atoms with Crippen LogP contribution in [-0.2, 0) is 40.5 Å². The summed E-state index contributed by atoms with van der Waals surface area (Å²) < 4.78 is 30.0. The molecule has 1 radical (unpaired) electrons. The van der Waals surface area contributed by atoms with Gasteiger partial charge in [-0.3, -0.25) is 6.29 Å². The first-order chi connectivity index (χ1) is 5.41. The van der Waals surface area contributed by atoms with Gasteiger partial charge < -0.3 is 4.79 Å². The molecule has 0 rings (SSSR count). The summed E-state index contributed by atoms with van der Waals surface area (Å²) in [6, 6.07) is 0. The van der Waals surface area contributed by atoms with Crippen LogP contribution in [0.1, 0.15) is 6.92 Å². The Bertz CT molecular complexity index is 93.2. The van der Waals surface area contributed by atoms with Crippen molar-refractivity contribution < 1.29 is 40.5 Å². The first kappa shape index (κ1) is 53.3. The van der Waals surface area contributed by atoms with Gasteiger partial charge in [-0.1, -0.05) is 0 Å². The van der Waals surface area contributed by atoms with Gasteiger partial charge in [0.1, 0.15) is 0 Å². The fraction of sp³-hybridized carbons (Fsp3) is 0.167. The average molecular weight is 218 g/mol. The minimum Gasteiger partial charge on any atom is 0 e. The second-order valence-corrected chi connectivity index (χ2v) is 0.204. The molecule has 13 heavy (non-hydrogen) atoms. The van der Waals surface area contributed by atoms with Gasteiger partial charge >= 0.3 is 45.2 Å². The van der Waals surface area contributed by atoms with Crippen LogP contribution in [0.2, 0.25) is 0 Å². The predicted octanol–water partition coefficient (Wildman–Crippen LogP) is -0.417. The molecule has 0 aliphatic carbocycles. The zero-order valence-corrected chi connectivity index (χ0v) is 8.00. The van der Waals surface area contributed by atoms with E-state index in [9.17, 15) is 0 Å². The van der Waals surface area contributed by atoms with Crippen molar-refractivity contribution in [3.8, 4) is 0 Å². The van der Waals surface area contributed by atoms with Crippen LogP contribution in [0, 0.1) is 26.6 Å². The third kappa shape index (κ3) is 17400. The minimum absolute atomic E-state index is 0. The average Bonchev–Trinajstić information content (AvgIpc) is 2.18. The Morgan fingerprint density at radius 1 is 0.846 bits per heavy atom.